The molecule has 0 fully saturated rings. The Labute approximate surface area is 103 Å². The molecule has 0 bridgehead atoms. The molecule has 0 aliphatic carbocycles. The van der Waals surface area contributed by atoms with Crippen LogP contribution in [0.15, 0.2) is 24.3 Å². The van der Waals surface area contributed by atoms with E-state index < -0.39 is 0 Å². The highest BCUT2D eigenvalue weighted by molar-refractivity contribution is 5.87. The molecule has 0 spiro atoms. The van der Waals surface area contributed by atoms with E-state index in [2.05, 4.69) is 25.2 Å². The molecule has 0 aromatic heterocycles. The zero-order valence-electron chi connectivity index (χ0n) is 10.7. The molecule has 3 nitrogen and oxygen atoms in total. The molecule has 1 aromatic rings. The van der Waals surface area contributed by atoms with Gasteiger partial charge in [0.15, 0.2) is 0 Å². The second kappa shape index (κ2) is 4.78. The molecule has 1 unspecified atom stereocenters. The second-order valence-corrected chi connectivity index (χ2v) is 5.17. The first-order chi connectivity index (χ1) is 8.08. The van der Waals surface area contributed by atoms with Crippen molar-refractivity contribution in [1.29, 1.82) is 0 Å². The first kappa shape index (κ1) is 12.0. The number of para-hydroxylation sites is 1. The van der Waals surface area contributed by atoms with Crippen LogP contribution in [0.4, 0.5) is 5.69 Å². The lowest BCUT2D eigenvalue weighted by Gasteiger charge is -2.23. The van der Waals surface area contributed by atoms with Crippen LogP contribution in [0.2, 0.25) is 0 Å². The minimum atomic E-state index is -0.0869. The van der Waals surface area contributed by atoms with Crippen molar-refractivity contribution in [3.8, 4) is 0 Å². The minimum Gasteiger partial charge on any atom is -0.373 e. The summed E-state index contributed by atoms with van der Waals surface area (Å²) in [6, 6.07) is 8.04. The quantitative estimate of drug-likeness (QED) is 0.866. The monoisotopic (exact) mass is 232 g/mol. The Bertz CT molecular complexity index is 389. The van der Waals surface area contributed by atoms with Crippen molar-refractivity contribution in [2.45, 2.75) is 26.3 Å². The van der Waals surface area contributed by atoms with Gasteiger partial charge < -0.3 is 10.2 Å². The van der Waals surface area contributed by atoms with Crippen LogP contribution < -0.4 is 5.32 Å². The molecule has 3 heteroatoms. The van der Waals surface area contributed by atoms with Gasteiger partial charge in [0.2, 0.25) is 5.91 Å². The van der Waals surface area contributed by atoms with E-state index >= 15 is 0 Å². The second-order valence-electron chi connectivity index (χ2n) is 5.17. The normalized spacial score (nSPS) is 17.8. The molecule has 0 saturated heterocycles. The van der Waals surface area contributed by atoms with Gasteiger partial charge >= 0.3 is 0 Å². The van der Waals surface area contributed by atoms with E-state index in [1.165, 1.54) is 5.56 Å². The number of benzene rings is 1. The molecule has 1 amide bonds. The van der Waals surface area contributed by atoms with E-state index in [-0.39, 0.29) is 11.9 Å². The fourth-order valence-electron chi connectivity index (χ4n) is 2.35. The third kappa shape index (κ3) is 2.60. The number of fused-ring (bicyclic) bond motifs is 1. The van der Waals surface area contributed by atoms with Crippen LogP contribution in [-0.4, -0.2) is 30.4 Å². The maximum atomic E-state index is 12.2. The van der Waals surface area contributed by atoms with E-state index in [4.69, 9.17) is 0 Å². The largest absolute Gasteiger partial charge is 0.373 e. The molecular formula is C14H20N2O. The average molecular weight is 232 g/mol. The van der Waals surface area contributed by atoms with Gasteiger partial charge in [-0.3, -0.25) is 4.79 Å². The maximum absolute atomic E-state index is 12.2. The van der Waals surface area contributed by atoms with E-state index in [9.17, 15) is 4.79 Å². The number of carbonyl (C=O) groups excluding carboxylic acids is 1. The molecular weight excluding hydrogens is 212 g/mol. The number of carbonyl (C=O) groups is 1. The predicted octanol–water partition coefficient (Wildman–Crippen LogP) is 2.14. The van der Waals surface area contributed by atoms with Crippen LogP contribution in [0.5, 0.6) is 0 Å². The van der Waals surface area contributed by atoms with Crippen LogP contribution in [0, 0.1) is 5.92 Å². The summed E-state index contributed by atoms with van der Waals surface area (Å²) in [5.41, 5.74) is 2.34. The van der Waals surface area contributed by atoms with Crippen molar-refractivity contribution in [3.63, 3.8) is 0 Å². The molecule has 2 rings (SSSR count). The molecule has 17 heavy (non-hydrogen) atoms. The highest BCUT2D eigenvalue weighted by Gasteiger charge is 2.28. The molecule has 1 N–H and O–H groups in total. The summed E-state index contributed by atoms with van der Waals surface area (Å²) in [5, 5.41) is 3.30. The van der Waals surface area contributed by atoms with E-state index in [0.29, 0.717) is 5.92 Å². The molecule has 1 aliphatic rings. The number of amides is 1. The fraction of sp³-hybridized carbons (Fsp3) is 0.500. The maximum Gasteiger partial charge on any atom is 0.245 e. The Hall–Kier alpha value is -1.51. The number of likely N-dealkylation sites (N-methyl/N-ethyl adjacent to an activating group) is 1. The van der Waals surface area contributed by atoms with Gasteiger partial charge in [0.25, 0.3) is 0 Å². The summed E-state index contributed by atoms with van der Waals surface area (Å²) < 4.78 is 0. The van der Waals surface area contributed by atoms with Gasteiger partial charge in [0.05, 0.1) is 0 Å². The highest BCUT2D eigenvalue weighted by atomic mass is 16.2. The van der Waals surface area contributed by atoms with Gasteiger partial charge in [-0.15, -0.1) is 0 Å². The van der Waals surface area contributed by atoms with Crippen molar-refractivity contribution in [3.05, 3.63) is 29.8 Å². The van der Waals surface area contributed by atoms with Gasteiger partial charge in [-0.1, -0.05) is 32.0 Å². The topological polar surface area (TPSA) is 32.3 Å². The molecule has 1 atom stereocenters. The van der Waals surface area contributed by atoms with Crippen molar-refractivity contribution < 1.29 is 4.79 Å². The Balaban J connectivity index is 2.01. The average Bonchev–Trinajstić information content (AvgIpc) is 2.70. The molecule has 0 saturated carbocycles. The smallest absolute Gasteiger partial charge is 0.245 e. The van der Waals surface area contributed by atoms with Crippen molar-refractivity contribution in [1.82, 2.24) is 4.90 Å². The van der Waals surface area contributed by atoms with Crippen molar-refractivity contribution in [2.24, 2.45) is 5.92 Å². The van der Waals surface area contributed by atoms with Crippen LogP contribution in [0.1, 0.15) is 19.4 Å². The highest BCUT2D eigenvalue weighted by Crippen LogP contribution is 2.25. The van der Waals surface area contributed by atoms with Crippen LogP contribution in [-0.2, 0) is 11.2 Å². The summed E-state index contributed by atoms with van der Waals surface area (Å²) in [6.07, 6.45) is 0.803. The van der Waals surface area contributed by atoms with Gasteiger partial charge in [-0.2, -0.15) is 0 Å². The molecule has 0 radical (unpaired) electrons. The summed E-state index contributed by atoms with van der Waals surface area (Å²) in [5.74, 6) is 0.697. The van der Waals surface area contributed by atoms with Crippen LogP contribution >= 0.6 is 0 Å². The zero-order chi connectivity index (χ0) is 12.4. The first-order valence-corrected chi connectivity index (χ1v) is 6.17. The van der Waals surface area contributed by atoms with Crippen molar-refractivity contribution >= 4 is 11.6 Å². The zero-order valence-corrected chi connectivity index (χ0v) is 10.7. The Morgan fingerprint density at radius 2 is 2.18 bits per heavy atom. The SMILES string of the molecule is CC(C)CN(C)C(=O)C1Cc2ccccc2N1. The molecule has 1 aliphatic heterocycles. The number of hydrogen-bond donors (Lipinski definition) is 1. The Morgan fingerprint density at radius 3 is 2.82 bits per heavy atom. The van der Waals surface area contributed by atoms with Gasteiger partial charge in [-0.05, 0) is 17.5 Å². The van der Waals surface area contributed by atoms with E-state index in [1.54, 1.807) is 0 Å². The standard InChI is InChI=1S/C14H20N2O/c1-10(2)9-16(3)14(17)13-8-11-6-4-5-7-12(11)15-13/h4-7,10,13,15H,8-9H2,1-3H3. The lowest BCUT2D eigenvalue weighted by molar-refractivity contribution is -0.131. The lowest BCUT2D eigenvalue weighted by Crippen LogP contribution is -2.41. The Morgan fingerprint density at radius 1 is 1.47 bits per heavy atom. The summed E-state index contributed by atoms with van der Waals surface area (Å²) in [4.78, 5) is 14.0. The third-order valence-corrected chi connectivity index (χ3v) is 3.08. The number of anilines is 1. The number of nitrogens with zero attached hydrogens (tertiary/aromatic N) is 1. The number of nitrogens with one attached hydrogen (secondary N) is 1. The number of hydrogen-bond acceptors (Lipinski definition) is 2. The Kier molecular flexibility index (Phi) is 3.36. The molecule has 1 aromatic carbocycles. The predicted molar refractivity (Wildman–Crippen MR) is 70.0 cm³/mol. The van der Waals surface area contributed by atoms with Gasteiger partial charge in [0, 0.05) is 25.7 Å². The van der Waals surface area contributed by atoms with Crippen molar-refractivity contribution in [2.75, 3.05) is 18.9 Å². The van der Waals surface area contributed by atoms with Crippen LogP contribution in [0.25, 0.3) is 0 Å². The van der Waals surface area contributed by atoms with Gasteiger partial charge in [-0.25, -0.2) is 0 Å². The summed E-state index contributed by atoms with van der Waals surface area (Å²) >= 11 is 0. The molecule has 1 heterocycles. The summed E-state index contributed by atoms with van der Waals surface area (Å²) in [7, 11) is 1.88. The fourth-order valence-corrected chi connectivity index (χ4v) is 2.35. The van der Waals surface area contributed by atoms with Crippen LogP contribution in [0.3, 0.4) is 0 Å². The van der Waals surface area contributed by atoms with E-state index in [1.807, 2.05) is 30.1 Å². The van der Waals surface area contributed by atoms with E-state index in [0.717, 1.165) is 18.7 Å². The first-order valence-electron chi connectivity index (χ1n) is 6.17. The number of rotatable bonds is 3. The third-order valence-electron chi connectivity index (χ3n) is 3.08. The van der Waals surface area contributed by atoms with Gasteiger partial charge in [0.1, 0.15) is 6.04 Å². The molecule has 92 valence electrons. The lowest BCUT2D eigenvalue weighted by atomic mass is 10.1. The minimum absolute atomic E-state index is 0.0869. The summed E-state index contributed by atoms with van der Waals surface area (Å²) in [6.45, 7) is 5.06.